The number of carbonyl (C=O) groups excluding carboxylic acids is 1. The molecule has 1 unspecified atom stereocenters. The van der Waals surface area contributed by atoms with Crippen molar-refractivity contribution < 1.29 is 4.79 Å². The van der Waals surface area contributed by atoms with Gasteiger partial charge in [-0.05, 0) is 31.0 Å². The largest absolute Gasteiger partial charge is 0.320 e. The zero-order valence-electron chi connectivity index (χ0n) is 9.76. The minimum atomic E-state index is -0.472. The van der Waals surface area contributed by atoms with E-state index >= 15 is 0 Å². The number of nitriles is 2. The normalized spacial score (nSPS) is 19.2. The summed E-state index contributed by atoms with van der Waals surface area (Å²) >= 11 is 0. The van der Waals surface area contributed by atoms with E-state index in [0.29, 0.717) is 24.2 Å². The Hall–Kier alpha value is -2.37. The molecule has 1 aliphatic heterocycles. The van der Waals surface area contributed by atoms with Crippen molar-refractivity contribution >= 4 is 11.6 Å². The van der Waals surface area contributed by atoms with Gasteiger partial charge in [-0.1, -0.05) is 0 Å². The van der Waals surface area contributed by atoms with E-state index in [2.05, 4.69) is 0 Å². The third kappa shape index (κ3) is 2.04. The maximum atomic E-state index is 11.9. The molecule has 1 amide bonds. The molecular formula is C13H12N4O. The van der Waals surface area contributed by atoms with E-state index in [1.165, 1.54) is 0 Å². The number of carbonyl (C=O) groups is 1. The maximum absolute atomic E-state index is 11.9. The fraction of sp³-hybridized carbons (Fsp3) is 0.308. The molecule has 1 saturated heterocycles. The van der Waals surface area contributed by atoms with Crippen molar-refractivity contribution in [3.8, 4) is 12.1 Å². The van der Waals surface area contributed by atoms with Crippen molar-refractivity contribution in [1.29, 1.82) is 10.5 Å². The van der Waals surface area contributed by atoms with E-state index in [1.54, 1.807) is 23.1 Å². The molecular weight excluding hydrogens is 228 g/mol. The molecule has 0 aromatic heterocycles. The number of hydrogen-bond donors (Lipinski definition) is 1. The standard InChI is InChI=1S/C13H12N4O/c14-7-9-3-4-11(6-10(9)8-15)17-5-1-2-12(16)13(17)18/h3-4,6,12H,1-2,5,16H2. The summed E-state index contributed by atoms with van der Waals surface area (Å²) in [6.07, 6.45) is 1.53. The first-order valence-corrected chi connectivity index (χ1v) is 5.68. The zero-order chi connectivity index (χ0) is 13.1. The van der Waals surface area contributed by atoms with Crippen molar-refractivity contribution in [2.45, 2.75) is 18.9 Å². The van der Waals surface area contributed by atoms with E-state index in [-0.39, 0.29) is 11.5 Å². The van der Waals surface area contributed by atoms with Gasteiger partial charge >= 0.3 is 0 Å². The van der Waals surface area contributed by atoms with Crippen LogP contribution in [-0.2, 0) is 4.79 Å². The first-order valence-electron chi connectivity index (χ1n) is 5.68. The third-order valence-corrected chi connectivity index (χ3v) is 3.04. The Morgan fingerprint density at radius 2 is 2.00 bits per heavy atom. The average Bonchev–Trinajstić information content (AvgIpc) is 2.41. The molecule has 1 heterocycles. The zero-order valence-corrected chi connectivity index (χ0v) is 9.76. The second kappa shape index (κ2) is 4.87. The third-order valence-electron chi connectivity index (χ3n) is 3.04. The highest BCUT2D eigenvalue weighted by molar-refractivity contribution is 5.98. The quantitative estimate of drug-likeness (QED) is 0.788. The molecule has 1 aliphatic rings. The van der Waals surface area contributed by atoms with Crippen molar-refractivity contribution in [2.24, 2.45) is 5.73 Å². The van der Waals surface area contributed by atoms with Gasteiger partial charge in [-0.2, -0.15) is 10.5 Å². The van der Waals surface area contributed by atoms with Gasteiger partial charge in [-0.15, -0.1) is 0 Å². The predicted molar refractivity (Wildman–Crippen MR) is 65.4 cm³/mol. The lowest BCUT2D eigenvalue weighted by Gasteiger charge is -2.30. The van der Waals surface area contributed by atoms with E-state index in [0.717, 1.165) is 6.42 Å². The van der Waals surface area contributed by atoms with Gasteiger partial charge < -0.3 is 10.6 Å². The van der Waals surface area contributed by atoms with Gasteiger partial charge in [0.25, 0.3) is 0 Å². The summed E-state index contributed by atoms with van der Waals surface area (Å²) in [6.45, 7) is 0.600. The molecule has 90 valence electrons. The minimum absolute atomic E-state index is 0.130. The van der Waals surface area contributed by atoms with Crippen molar-refractivity contribution in [3.63, 3.8) is 0 Å². The Labute approximate surface area is 105 Å². The predicted octanol–water partition coefficient (Wildman–Crippen LogP) is 0.884. The van der Waals surface area contributed by atoms with Gasteiger partial charge in [0.15, 0.2) is 0 Å². The molecule has 0 radical (unpaired) electrons. The SMILES string of the molecule is N#Cc1ccc(N2CCCC(N)C2=O)cc1C#N. The molecule has 18 heavy (non-hydrogen) atoms. The van der Waals surface area contributed by atoms with Crippen LogP contribution in [0.5, 0.6) is 0 Å². The molecule has 0 saturated carbocycles. The van der Waals surface area contributed by atoms with E-state index in [9.17, 15) is 4.79 Å². The lowest BCUT2D eigenvalue weighted by molar-refractivity contribution is -0.120. The molecule has 1 aromatic carbocycles. The number of benzene rings is 1. The average molecular weight is 240 g/mol. The molecule has 5 heteroatoms. The van der Waals surface area contributed by atoms with Crippen LogP contribution in [0.3, 0.4) is 0 Å². The Bertz CT molecular complexity index is 567. The topological polar surface area (TPSA) is 93.9 Å². The highest BCUT2D eigenvalue weighted by atomic mass is 16.2. The van der Waals surface area contributed by atoms with Crippen molar-refractivity contribution in [1.82, 2.24) is 0 Å². The number of hydrogen-bond acceptors (Lipinski definition) is 4. The van der Waals surface area contributed by atoms with Crippen LogP contribution >= 0.6 is 0 Å². The first-order chi connectivity index (χ1) is 8.67. The van der Waals surface area contributed by atoms with Crippen molar-refractivity contribution in [2.75, 3.05) is 11.4 Å². The molecule has 0 aliphatic carbocycles. The maximum Gasteiger partial charge on any atom is 0.243 e. The molecule has 1 fully saturated rings. The molecule has 1 aromatic rings. The fourth-order valence-electron chi connectivity index (χ4n) is 2.05. The Balaban J connectivity index is 2.38. The van der Waals surface area contributed by atoms with Crippen LogP contribution in [0.25, 0.3) is 0 Å². The van der Waals surface area contributed by atoms with Crippen LogP contribution in [0.1, 0.15) is 24.0 Å². The minimum Gasteiger partial charge on any atom is -0.320 e. The lowest BCUT2D eigenvalue weighted by atomic mass is 10.0. The van der Waals surface area contributed by atoms with Gasteiger partial charge in [-0.3, -0.25) is 4.79 Å². The Kier molecular flexibility index (Phi) is 3.27. The van der Waals surface area contributed by atoms with Crippen molar-refractivity contribution in [3.05, 3.63) is 29.3 Å². The van der Waals surface area contributed by atoms with E-state index in [1.807, 2.05) is 12.1 Å². The number of amides is 1. The smallest absolute Gasteiger partial charge is 0.243 e. The lowest BCUT2D eigenvalue weighted by Crippen LogP contribution is -2.48. The molecule has 2 rings (SSSR count). The molecule has 2 N–H and O–H groups in total. The van der Waals surface area contributed by atoms with Gasteiger partial charge in [0.2, 0.25) is 5.91 Å². The molecule has 5 nitrogen and oxygen atoms in total. The van der Waals surface area contributed by atoms with Crippen LogP contribution in [0.4, 0.5) is 5.69 Å². The van der Waals surface area contributed by atoms with Gasteiger partial charge in [0.1, 0.15) is 12.1 Å². The summed E-state index contributed by atoms with van der Waals surface area (Å²) in [5.74, 6) is -0.130. The summed E-state index contributed by atoms with van der Waals surface area (Å²) in [7, 11) is 0. The summed E-state index contributed by atoms with van der Waals surface area (Å²) in [6, 6.07) is 8.23. The Morgan fingerprint density at radius 3 is 2.67 bits per heavy atom. The Morgan fingerprint density at radius 1 is 1.28 bits per heavy atom. The second-order valence-electron chi connectivity index (χ2n) is 4.19. The van der Waals surface area contributed by atoms with E-state index in [4.69, 9.17) is 16.3 Å². The molecule has 0 bridgehead atoms. The summed E-state index contributed by atoms with van der Waals surface area (Å²) in [5.41, 5.74) is 6.95. The van der Waals surface area contributed by atoms with Crippen LogP contribution < -0.4 is 10.6 Å². The van der Waals surface area contributed by atoms with Gasteiger partial charge in [0, 0.05) is 12.2 Å². The fourth-order valence-corrected chi connectivity index (χ4v) is 2.05. The second-order valence-corrected chi connectivity index (χ2v) is 4.19. The number of piperidine rings is 1. The van der Waals surface area contributed by atoms with Gasteiger partial charge in [-0.25, -0.2) is 0 Å². The van der Waals surface area contributed by atoms with E-state index < -0.39 is 6.04 Å². The summed E-state index contributed by atoms with van der Waals surface area (Å²) in [4.78, 5) is 13.5. The number of nitrogens with zero attached hydrogens (tertiary/aromatic N) is 3. The van der Waals surface area contributed by atoms with Crippen LogP contribution in [0, 0.1) is 22.7 Å². The number of anilines is 1. The molecule has 1 atom stereocenters. The summed E-state index contributed by atoms with van der Waals surface area (Å²) in [5, 5.41) is 17.8. The monoisotopic (exact) mass is 240 g/mol. The van der Waals surface area contributed by atoms with Crippen LogP contribution in [0.15, 0.2) is 18.2 Å². The number of nitrogens with two attached hydrogens (primary N) is 1. The highest BCUT2D eigenvalue weighted by Gasteiger charge is 2.26. The van der Waals surface area contributed by atoms with Crippen LogP contribution in [-0.4, -0.2) is 18.5 Å². The van der Waals surface area contributed by atoms with Gasteiger partial charge in [0.05, 0.1) is 17.2 Å². The van der Waals surface area contributed by atoms with Crippen LogP contribution in [0.2, 0.25) is 0 Å². The molecule has 0 spiro atoms. The highest BCUT2D eigenvalue weighted by Crippen LogP contribution is 2.23. The first kappa shape index (κ1) is 12.1. The summed E-state index contributed by atoms with van der Waals surface area (Å²) < 4.78 is 0. The number of rotatable bonds is 1.